The smallest absolute Gasteiger partial charge is 0.326 e. The lowest BCUT2D eigenvalue weighted by molar-refractivity contribution is -0.151. The number of rotatable bonds is 2. The summed E-state index contributed by atoms with van der Waals surface area (Å²) in [7, 11) is 0. The van der Waals surface area contributed by atoms with Crippen LogP contribution < -0.4 is 0 Å². The molecule has 1 N–H and O–H groups in total. The summed E-state index contributed by atoms with van der Waals surface area (Å²) in [4.78, 5) is 27.8. The summed E-state index contributed by atoms with van der Waals surface area (Å²) < 4.78 is 6.25. The van der Waals surface area contributed by atoms with Gasteiger partial charge in [-0.3, -0.25) is 4.79 Å². The molecule has 5 heteroatoms. The number of aliphatic carboxylic acids is 1. The summed E-state index contributed by atoms with van der Waals surface area (Å²) in [5.74, 6) is -0.570. The van der Waals surface area contributed by atoms with Gasteiger partial charge in [-0.05, 0) is 72.4 Å². The molecule has 2 aromatic carbocycles. The van der Waals surface area contributed by atoms with Gasteiger partial charge >= 0.3 is 5.97 Å². The van der Waals surface area contributed by atoms with E-state index >= 15 is 0 Å². The van der Waals surface area contributed by atoms with E-state index in [-0.39, 0.29) is 17.9 Å². The minimum Gasteiger partial charge on any atom is -0.480 e. The first-order valence-corrected chi connectivity index (χ1v) is 14.6. The lowest BCUT2D eigenvalue weighted by Crippen LogP contribution is -2.45. The number of nitrogens with zero attached hydrogens (tertiary/aromatic N) is 1. The summed E-state index contributed by atoms with van der Waals surface area (Å²) in [5.41, 5.74) is 4.56. The second kappa shape index (κ2) is 12.8. The molecule has 0 aromatic heterocycles. The number of allylic oxidation sites excluding steroid dienone is 1. The standard InChI is InChI=1S/C33H41NO4/c35-32-30(26-14-6-4-7-15-26)18-8-3-1-2-5-11-24-12-9-16-27(19-24)28-17-10-13-25(20-28)23-38-29-21-31(33(36)37)34(32)22-29/h5,9-13,16-17,19-20,26,29-31H,1-4,6-8,14-15,18,21-23H2,(H,36,37)/b11-5+/t29-,30+,31+/m1/s1. The van der Waals surface area contributed by atoms with Crippen LogP contribution >= 0.6 is 0 Å². The van der Waals surface area contributed by atoms with E-state index in [4.69, 9.17) is 4.74 Å². The highest BCUT2D eigenvalue weighted by Crippen LogP contribution is 2.36. The molecule has 2 aliphatic heterocycles. The number of carboxylic acid groups (broad SMARTS) is 1. The first-order valence-electron chi connectivity index (χ1n) is 14.6. The molecule has 3 aliphatic rings. The highest BCUT2D eigenvalue weighted by Gasteiger charge is 2.43. The van der Waals surface area contributed by atoms with E-state index in [1.165, 1.54) is 30.4 Å². The number of carboxylic acids is 1. The van der Waals surface area contributed by atoms with E-state index in [2.05, 4.69) is 48.6 Å². The molecule has 0 unspecified atom stereocenters. The van der Waals surface area contributed by atoms with Crippen LogP contribution in [-0.4, -0.2) is 40.6 Å². The van der Waals surface area contributed by atoms with Crippen molar-refractivity contribution in [3.63, 3.8) is 0 Å². The lowest BCUT2D eigenvalue weighted by atomic mass is 9.77. The Morgan fingerprint density at radius 3 is 2.45 bits per heavy atom. The average molecular weight is 516 g/mol. The maximum atomic E-state index is 13.9. The van der Waals surface area contributed by atoms with Crippen molar-refractivity contribution in [2.75, 3.05) is 6.54 Å². The molecule has 3 atom stereocenters. The first kappa shape index (κ1) is 26.7. The van der Waals surface area contributed by atoms with Crippen molar-refractivity contribution in [1.29, 1.82) is 0 Å². The van der Waals surface area contributed by atoms with Crippen LogP contribution in [0.5, 0.6) is 0 Å². The van der Waals surface area contributed by atoms with E-state index < -0.39 is 12.0 Å². The van der Waals surface area contributed by atoms with Gasteiger partial charge in [0, 0.05) is 18.9 Å². The van der Waals surface area contributed by atoms with Gasteiger partial charge in [0.25, 0.3) is 0 Å². The predicted octanol–water partition coefficient (Wildman–Crippen LogP) is 7.10. The number of carbonyl (C=O) groups is 2. The molecular formula is C33H41NO4. The van der Waals surface area contributed by atoms with Crippen LogP contribution in [0.2, 0.25) is 0 Å². The van der Waals surface area contributed by atoms with Gasteiger partial charge in [0.1, 0.15) is 6.04 Å². The Kier molecular flexibility index (Phi) is 8.95. The first-order chi connectivity index (χ1) is 18.6. The molecule has 1 saturated carbocycles. The van der Waals surface area contributed by atoms with Gasteiger partial charge in [-0.15, -0.1) is 0 Å². The van der Waals surface area contributed by atoms with Crippen LogP contribution in [0.15, 0.2) is 54.6 Å². The van der Waals surface area contributed by atoms with Crippen molar-refractivity contribution in [3.05, 3.63) is 65.7 Å². The third-order valence-corrected chi connectivity index (χ3v) is 8.70. The molecule has 2 aromatic rings. The van der Waals surface area contributed by atoms with Crippen LogP contribution in [0, 0.1) is 11.8 Å². The molecule has 0 radical (unpaired) electrons. The molecule has 202 valence electrons. The van der Waals surface area contributed by atoms with Crippen LogP contribution in [0.3, 0.4) is 0 Å². The zero-order chi connectivity index (χ0) is 26.3. The molecule has 1 amide bonds. The van der Waals surface area contributed by atoms with Gasteiger partial charge in [-0.2, -0.15) is 0 Å². The molecule has 0 spiro atoms. The molecule has 38 heavy (non-hydrogen) atoms. The van der Waals surface area contributed by atoms with Gasteiger partial charge in [-0.1, -0.05) is 80.7 Å². The zero-order valence-corrected chi connectivity index (χ0v) is 22.4. The van der Waals surface area contributed by atoms with Crippen molar-refractivity contribution < 1.29 is 19.4 Å². The maximum absolute atomic E-state index is 13.9. The van der Waals surface area contributed by atoms with Gasteiger partial charge in [0.15, 0.2) is 0 Å². The Bertz CT molecular complexity index is 1140. The summed E-state index contributed by atoms with van der Waals surface area (Å²) in [6, 6.07) is 16.1. The minimum atomic E-state index is -0.918. The fourth-order valence-electron chi connectivity index (χ4n) is 6.61. The van der Waals surface area contributed by atoms with Crippen molar-refractivity contribution in [1.82, 2.24) is 4.90 Å². The third kappa shape index (κ3) is 6.55. The molecule has 5 nitrogen and oxygen atoms in total. The predicted molar refractivity (Wildman–Crippen MR) is 150 cm³/mol. The number of fused-ring (bicyclic) bond motifs is 7. The topological polar surface area (TPSA) is 66.8 Å². The summed E-state index contributed by atoms with van der Waals surface area (Å²) in [6.07, 6.45) is 15.4. The normalized spacial score (nSPS) is 26.6. The number of hydrogen-bond acceptors (Lipinski definition) is 3. The number of ether oxygens (including phenoxy) is 1. The molecule has 2 fully saturated rings. The van der Waals surface area contributed by atoms with Crippen LogP contribution in [0.25, 0.3) is 17.2 Å². The second-order valence-corrected chi connectivity index (χ2v) is 11.4. The second-order valence-electron chi connectivity index (χ2n) is 11.4. The Morgan fingerprint density at radius 2 is 1.63 bits per heavy atom. The molecular weight excluding hydrogens is 474 g/mol. The summed E-state index contributed by atoms with van der Waals surface area (Å²) in [5, 5.41) is 10.0. The number of hydrogen-bond donors (Lipinski definition) is 1. The number of benzene rings is 2. The Balaban J connectivity index is 1.39. The van der Waals surface area contributed by atoms with Gasteiger partial charge in [0.2, 0.25) is 5.91 Å². The largest absolute Gasteiger partial charge is 0.480 e. The molecule has 2 heterocycles. The third-order valence-electron chi connectivity index (χ3n) is 8.70. The highest BCUT2D eigenvalue weighted by atomic mass is 16.5. The minimum absolute atomic E-state index is 0.0465. The molecule has 5 rings (SSSR count). The molecule has 1 aliphatic carbocycles. The maximum Gasteiger partial charge on any atom is 0.326 e. The van der Waals surface area contributed by atoms with Crippen molar-refractivity contribution >= 4 is 18.0 Å². The zero-order valence-electron chi connectivity index (χ0n) is 22.4. The SMILES string of the molecule is O=C(O)[C@@H]1C[C@@H]2CN1C(=O)[C@H](C1CCCCC1)CCCCC/C=C/c1cccc(c1)-c1cccc(c1)CO2. The Hall–Kier alpha value is -2.92. The van der Waals surface area contributed by atoms with Gasteiger partial charge in [0.05, 0.1) is 12.7 Å². The van der Waals surface area contributed by atoms with Gasteiger partial charge < -0.3 is 14.7 Å². The van der Waals surface area contributed by atoms with Crippen molar-refractivity contribution in [2.45, 2.75) is 89.4 Å². The molecule has 6 bridgehead atoms. The van der Waals surface area contributed by atoms with E-state index in [9.17, 15) is 14.7 Å². The van der Waals surface area contributed by atoms with E-state index in [1.54, 1.807) is 4.90 Å². The van der Waals surface area contributed by atoms with Crippen LogP contribution in [-0.2, 0) is 20.9 Å². The van der Waals surface area contributed by atoms with Crippen molar-refractivity contribution in [3.8, 4) is 11.1 Å². The van der Waals surface area contributed by atoms with E-state index in [1.807, 2.05) is 12.1 Å². The van der Waals surface area contributed by atoms with Crippen molar-refractivity contribution in [2.24, 2.45) is 11.8 Å². The monoisotopic (exact) mass is 515 g/mol. The Morgan fingerprint density at radius 1 is 0.895 bits per heavy atom. The highest BCUT2D eigenvalue weighted by molar-refractivity contribution is 5.86. The van der Waals surface area contributed by atoms with E-state index in [0.29, 0.717) is 25.5 Å². The summed E-state index contributed by atoms with van der Waals surface area (Å²) in [6.45, 7) is 0.768. The fraction of sp³-hybridized carbons (Fsp3) is 0.515. The van der Waals surface area contributed by atoms with Gasteiger partial charge in [-0.25, -0.2) is 4.79 Å². The lowest BCUT2D eigenvalue weighted by Gasteiger charge is -2.33. The average Bonchev–Trinajstić information content (AvgIpc) is 3.38. The Labute approximate surface area is 226 Å². The van der Waals surface area contributed by atoms with Crippen LogP contribution in [0.4, 0.5) is 0 Å². The quantitative estimate of drug-likeness (QED) is 0.463. The molecule has 1 saturated heterocycles. The fourth-order valence-corrected chi connectivity index (χ4v) is 6.61. The summed E-state index contributed by atoms with van der Waals surface area (Å²) >= 11 is 0. The number of carbonyl (C=O) groups excluding carboxylic acids is 1. The van der Waals surface area contributed by atoms with Crippen LogP contribution in [0.1, 0.15) is 81.8 Å². The van der Waals surface area contributed by atoms with E-state index in [0.717, 1.165) is 56.1 Å². The number of amides is 1.